The lowest BCUT2D eigenvalue weighted by Crippen LogP contribution is -2.37. The number of piperidine rings is 1. The number of methoxy groups -OCH3 is 3. The van der Waals surface area contributed by atoms with Gasteiger partial charge in [-0.2, -0.15) is 0 Å². The number of ether oxygens (including phenoxy) is 3. The average molecular weight is 385 g/mol. The van der Waals surface area contributed by atoms with Gasteiger partial charge in [-0.3, -0.25) is 4.79 Å². The van der Waals surface area contributed by atoms with E-state index < -0.39 is 0 Å². The summed E-state index contributed by atoms with van der Waals surface area (Å²) in [7, 11) is 4.70. The molecule has 7 nitrogen and oxygen atoms in total. The molecular formula is C21H27N3O4. The van der Waals surface area contributed by atoms with E-state index in [4.69, 9.17) is 14.2 Å². The van der Waals surface area contributed by atoms with Crippen LogP contribution in [0.25, 0.3) is 0 Å². The Morgan fingerprint density at radius 1 is 1.07 bits per heavy atom. The molecular weight excluding hydrogens is 358 g/mol. The van der Waals surface area contributed by atoms with Gasteiger partial charge in [0.1, 0.15) is 5.82 Å². The molecule has 150 valence electrons. The van der Waals surface area contributed by atoms with Crippen molar-refractivity contribution < 1.29 is 19.0 Å². The number of likely N-dealkylation sites (tertiary alicyclic amines) is 1. The normalized spacial score (nSPS) is 14.5. The third kappa shape index (κ3) is 4.30. The predicted molar refractivity (Wildman–Crippen MR) is 108 cm³/mol. The molecule has 1 N–H and O–H groups in total. The number of nitrogens with one attached hydrogen (secondary N) is 1. The number of benzene rings is 1. The lowest BCUT2D eigenvalue weighted by Gasteiger charge is -2.30. The van der Waals surface area contributed by atoms with Crippen molar-refractivity contribution in [3.63, 3.8) is 0 Å². The van der Waals surface area contributed by atoms with E-state index in [1.165, 1.54) is 0 Å². The van der Waals surface area contributed by atoms with Crippen LogP contribution >= 0.6 is 0 Å². The van der Waals surface area contributed by atoms with Crippen molar-refractivity contribution in [3.05, 3.63) is 36.0 Å². The van der Waals surface area contributed by atoms with Crippen molar-refractivity contribution in [1.29, 1.82) is 0 Å². The second-order valence-corrected chi connectivity index (χ2v) is 6.94. The van der Waals surface area contributed by atoms with Crippen LogP contribution in [0.4, 0.5) is 11.5 Å². The lowest BCUT2D eigenvalue weighted by molar-refractivity contribution is 0.0697. The van der Waals surface area contributed by atoms with Gasteiger partial charge in [-0.15, -0.1) is 0 Å². The minimum Gasteiger partial charge on any atom is -0.493 e. The second kappa shape index (κ2) is 8.82. The molecule has 7 heteroatoms. The maximum atomic E-state index is 12.8. The van der Waals surface area contributed by atoms with Gasteiger partial charge >= 0.3 is 0 Å². The van der Waals surface area contributed by atoms with Crippen molar-refractivity contribution in [2.24, 2.45) is 5.92 Å². The molecule has 0 bridgehead atoms. The number of pyridine rings is 1. The van der Waals surface area contributed by atoms with Gasteiger partial charge in [-0.05, 0) is 30.9 Å². The van der Waals surface area contributed by atoms with Crippen LogP contribution in [0.3, 0.4) is 0 Å². The van der Waals surface area contributed by atoms with E-state index in [0.717, 1.165) is 31.6 Å². The summed E-state index contributed by atoms with van der Waals surface area (Å²) in [5.74, 6) is 2.90. The summed E-state index contributed by atoms with van der Waals surface area (Å²) < 4.78 is 16.1. The summed E-state index contributed by atoms with van der Waals surface area (Å²) in [5.41, 5.74) is 1.35. The average Bonchev–Trinajstić information content (AvgIpc) is 2.73. The number of carbonyl (C=O) groups is 1. The van der Waals surface area contributed by atoms with Crippen LogP contribution in [-0.2, 0) is 0 Å². The zero-order valence-electron chi connectivity index (χ0n) is 16.8. The number of amides is 1. The van der Waals surface area contributed by atoms with Gasteiger partial charge in [0.15, 0.2) is 11.5 Å². The first kappa shape index (κ1) is 19.8. The minimum atomic E-state index is 0.0437. The van der Waals surface area contributed by atoms with Crippen LogP contribution in [0.2, 0.25) is 0 Å². The van der Waals surface area contributed by atoms with Crippen LogP contribution in [0, 0.1) is 5.92 Å². The Morgan fingerprint density at radius 2 is 1.71 bits per heavy atom. The van der Waals surface area contributed by atoms with E-state index in [1.54, 1.807) is 51.8 Å². The number of nitrogens with zero attached hydrogens (tertiary/aromatic N) is 2. The van der Waals surface area contributed by atoms with Crippen molar-refractivity contribution >= 4 is 17.4 Å². The monoisotopic (exact) mass is 385 g/mol. The Bertz CT molecular complexity index is 807. The highest BCUT2D eigenvalue weighted by Crippen LogP contribution is 2.40. The van der Waals surface area contributed by atoms with E-state index in [1.807, 2.05) is 4.90 Å². The van der Waals surface area contributed by atoms with Crippen molar-refractivity contribution in [3.8, 4) is 17.2 Å². The van der Waals surface area contributed by atoms with E-state index >= 15 is 0 Å². The molecule has 1 fully saturated rings. The van der Waals surface area contributed by atoms with Crippen LogP contribution in [0.5, 0.6) is 17.2 Å². The number of hydrogen-bond donors (Lipinski definition) is 1. The SMILES string of the molecule is COc1cc(Nc2cc(C(=O)N3CCC(C)CC3)ccn2)cc(OC)c1OC. The van der Waals surface area contributed by atoms with Crippen LogP contribution in [0.15, 0.2) is 30.5 Å². The Kier molecular flexibility index (Phi) is 6.23. The van der Waals surface area contributed by atoms with Gasteiger partial charge in [-0.25, -0.2) is 4.98 Å². The third-order valence-electron chi connectivity index (χ3n) is 5.01. The highest BCUT2D eigenvalue weighted by atomic mass is 16.5. The van der Waals surface area contributed by atoms with Crippen molar-refractivity contribution in [2.75, 3.05) is 39.7 Å². The molecule has 1 aromatic heterocycles. The number of rotatable bonds is 6. The number of aromatic nitrogens is 1. The van der Waals surface area contributed by atoms with E-state index in [2.05, 4.69) is 17.2 Å². The lowest BCUT2D eigenvalue weighted by atomic mass is 9.99. The van der Waals surface area contributed by atoms with Gasteiger partial charge < -0.3 is 24.4 Å². The van der Waals surface area contributed by atoms with E-state index in [-0.39, 0.29) is 5.91 Å². The maximum absolute atomic E-state index is 12.8. The smallest absolute Gasteiger partial charge is 0.254 e. The summed E-state index contributed by atoms with van der Waals surface area (Å²) in [6.07, 6.45) is 3.74. The van der Waals surface area contributed by atoms with Crippen LogP contribution < -0.4 is 19.5 Å². The maximum Gasteiger partial charge on any atom is 0.254 e. The molecule has 2 heterocycles. The van der Waals surface area contributed by atoms with Crippen LogP contribution in [-0.4, -0.2) is 50.2 Å². The fraction of sp³-hybridized carbons (Fsp3) is 0.429. The molecule has 1 aliphatic heterocycles. The standard InChI is InChI=1S/C21H27N3O4/c1-14-6-9-24(10-7-14)21(25)15-5-8-22-19(11-15)23-16-12-17(26-2)20(28-4)18(13-16)27-3/h5,8,11-14H,6-7,9-10H2,1-4H3,(H,22,23). The van der Waals surface area contributed by atoms with Gasteiger partial charge in [0.05, 0.1) is 21.3 Å². The van der Waals surface area contributed by atoms with E-state index in [0.29, 0.717) is 34.5 Å². The van der Waals surface area contributed by atoms with Crippen molar-refractivity contribution in [2.45, 2.75) is 19.8 Å². The van der Waals surface area contributed by atoms with Crippen molar-refractivity contribution in [1.82, 2.24) is 9.88 Å². The topological polar surface area (TPSA) is 72.9 Å². The largest absolute Gasteiger partial charge is 0.493 e. The highest BCUT2D eigenvalue weighted by molar-refractivity contribution is 5.95. The Morgan fingerprint density at radius 3 is 2.29 bits per heavy atom. The zero-order chi connectivity index (χ0) is 20.1. The summed E-state index contributed by atoms with van der Waals surface area (Å²) in [5, 5.41) is 3.21. The molecule has 0 radical (unpaired) electrons. The molecule has 1 amide bonds. The van der Waals surface area contributed by atoms with Crippen LogP contribution in [0.1, 0.15) is 30.1 Å². The fourth-order valence-electron chi connectivity index (χ4n) is 3.33. The van der Waals surface area contributed by atoms with E-state index in [9.17, 15) is 4.79 Å². The highest BCUT2D eigenvalue weighted by Gasteiger charge is 2.22. The Balaban J connectivity index is 1.80. The van der Waals surface area contributed by atoms with Gasteiger partial charge in [0.25, 0.3) is 5.91 Å². The quantitative estimate of drug-likeness (QED) is 0.817. The van der Waals surface area contributed by atoms with Gasteiger partial charge in [-0.1, -0.05) is 6.92 Å². The molecule has 3 rings (SSSR count). The first-order chi connectivity index (χ1) is 13.5. The molecule has 2 aromatic rings. The first-order valence-electron chi connectivity index (χ1n) is 9.38. The molecule has 1 aliphatic rings. The molecule has 1 saturated heterocycles. The molecule has 0 atom stereocenters. The summed E-state index contributed by atoms with van der Waals surface area (Å²) in [6.45, 7) is 3.84. The van der Waals surface area contributed by atoms with Gasteiger partial charge in [0.2, 0.25) is 5.75 Å². The number of hydrogen-bond acceptors (Lipinski definition) is 6. The molecule has 0 unspecified atom stereocenters. The van der Waals surface area contributed by atoms with Gasteiger partial charge in [0, 0.05) is 42.7 Å². The predicted octanol–water partition coefficient (Wildman–Crippen LogP) is 3.72. The minimum absolute atomic E-state index is 0.0437. The number of carbonyl (C=O) groups excluding carboxylic acids is 1. The third-order valence-corrected chi connectivity index (χ3v) is 5.01. The molecule has 1 aromatic carbocycles. The zero-order valence-corrected chi connectivity index (χ0v) is 16.8. The Labute approximate surface area is 165 Å². The fourth-order valence-corrected chi connectivity index (χ4v) is 3.33. The molecule has 0 saturated carbocycles. The summed E-state index contributed by atoms with van der Waals surface area (Å²) in [6, 6.07) is 7.11. The summed E-state index contributed by atoms with van der Waals surface area (Å²) >= 11 is 0. The molecule has 28 heavy (non-hydrogen) atoms. The summed E-state index contributed by atoms with van der Waals surface area (Å²) in [4.78, 5) is 19.1. The molecule has 0 aliphatic carbocycles. The molecule has 0 spiro atoms. The first-order valence-corrected chi connectivity index (χ1v) is 9.38. The Hall–Kier alpha value is -2.96. The number of anilines is 2. The second-order valence-electron chi connectivity index (χ2n) is 6.94.